The summed E-state index contributed by atoms with van der Waals surface area (Å²) >= 11 is 0. The van der Waals surface area contributed by atoms with Gasteiger partial charge in [-0.1, -0.05) is 11.2 Å². The van der Waals surface area contributed by atoms with E-state index in [1.165, 1.54) is 19.1 Å². The lowest BCUT2D eigenvalue weighted by atomic mass is 9.96. The topological polar surface area (TPSA) is 116 Å². The maximum Gasteiger partial charge on any atom is 0.573 e. The molecule has 3 rings (SSSR count). The number of hydrogen-bond donors (Lipinski definition) is 2. The van der Waals surface area contributed by atoms with E-state index in [1.54, 1.807) is 0 Å². The Labute approximate surface area is 167 Å². The number of sulfonamides is 1. The molecule has 3 aromatic rings. The molecule has 0 spiro atoms. The lowest BCUT2D eigenvalue weighted by molar-refractivity contribution is -0.274. The first kappa shape index (κ1) is 21.7. The van der Waals surface area contributed by atoms with Crippen LogP contribution in [0.2, 0.25) is 0 Å². The molecule has 0 saturated carbocycles. The van der Waals surface area contributed by atoms with Crippen molar-refractivity contribution >= 4 is 10.0 Å². The van der Waals surface area contributed by atoms with Crippen LogP contribution >= 0.6 is 0 Å². The molecule has 0 unspecified atom stereocenters. The molecule has 1 heterocycles. The van der Waals surface area contributed by atoms with Crippen molar-refractivity contribution in [2.45, 2.75) is 24.8 Å². The predicted molar refractivity (Wildman–Crippen MR) is 96.0 cm³/mol. The van der Waals surface area contributed by atoms with Crippen molar-refractivity contribution in [3.05, 3.63) is 53.5 Å². The molecular weight excluding hydrogens is 432 g/mol. The summed E-state index contributed by atoms with van der Waals surface area (Å²) < 4.78 is 83.3. The Bertz CT molecular complexity index is 1210. The Hall–Kier alpha value is -2.96. The molecule has 2 aromatic carbocycles. The third-order valence-corrected chi connectivity index (χ3v) is 5.06. The SMILES string of the molecule is Cc1cc(OC(F)(F)F)ccc1-c1noc(CO)c1-c1ccc(S(N)(=O)=O)c(F)c1. The van der Waals surface area contributed by atoms with Crippen LogP contribution in [0.15, 0.2) is 45.8 Å². The maximum absolute atomic E-state index is 14.3. The van der Waals surface area contributed by atoms with Gasteiger partial charge >= 0.3 is 6.36 Å². The third-order valence-electron chi connectivity index (χ3n) is 4.12. The number of rotatable bonds is 5. The number of primary sulfonamides is 1. The number of aliphatic hydroxyl groups is 1. The quantitative estimate of drug-likeness (QED) is 0.580. The third kappa shape index (κ3) is 4.45. The lowest BCUT2D eigenvalue weighted by Gasteiger charge is -2.12. The van der Waals surface area contributed by atoms with Crippen LogP contribution < -0.4 is 9.88 Å². The minimum atomic E-state index is -4.86. The van der Waals surface area contributed by atoms with E-state index in [1.807, 2.05) is 0 Å². The van der Waals surface area contributed by atoms with Crippen molar-refractivity contribution in [3.63, 3.8) is 0 Å². The van der Waals surface area contributed by atoms with E-state index in [0.717, 1.165) is 24.3 Å². The fraction of sp³-hybridized carbons (Fsp3) is 0.167. The molecule has 160 valence electrons. The smallest absolute Gasteiger partial charge is 0.406 e. The zero-order chi connectivity index (χ0) is 22.3. The molecular formula is C18H14F4N2O5S. The second-order valence-corrected chi connectivity index (χ2v) is 7.73. The van der Waals surface area contributed by atoms with E-state index in [0.29, 0.717) is 11.1 Å². The zero-order valence-corrected chi connectivity index (χ0v) is 16.0. The molecule has 12 heteroatoms. The van der Waals surface area contributed by atoms with Gasteiger partial charge in [0.15, 0.2) is 5.76 Å². The summed E-state index contributed by atoms with van der Waals surface area (Å²) in [5.74, 6) is -1.63. The molecule has 3 N–H and O–H groups in total. The van der Waals surface area contributed by atoms with Crippen LogP contribution in [0.4, 0.5) is 17.6 Å². The van der Waals surface area contributed by atoms with Gasteiger partial charge in [-0.05, 0) is 48.4 Å². The van der Waals surface area contributed by atoms with Gasteiger partial charge in [-0.2, -0.15) is 0 Å². The summed E-state index contributed by atoms with van der Waals surface area (Å²) in [6.07, 6.45) is -4.86. The highest BCUT2D eigenvalue weighted by atomic mass is 32.2. The molecule has 0 aliphatic heterocycles. The molecule has 1 aromatic heterocycles. The van der Waals surface area contributed by atoms with E-state index in [-0.39, 0.29) is 22.6 Å². The summed E-state index contributed by atoms with van der Waals surface area (Å²) in [5, 5.41) is 18.3. The predicted octanol–water partition coefficient (Wildman–Crippen LogP) is 3.49. The van der Waals surface area contributed by atoms with Gasteiger partial charge in [-0.25, -0.2) is 17.9 Å². The van der Waals surface area contributed by atoms with Crippen LogP contribution in [-0.2, 0) is 16.6 Å². The summed E-state index contributed by atoms with van der Waals surface area (Å²) in [6.45, 7) is 0.884. The van der Waals surface area contributed by atoms with Crippen molar-refractivity contribution in [2.75, 3.05) is 0 Å². The Morgan fingerprint density at radius 2 is 1.90 bits per heavy atom. The molecule has 0 saturated heterocycles. The van der Waals surface area contributed by atoms with Crippen LogP contribution in [0.25, 0.3) is 22.4 Å². The second kappa shape index (κ2) is 7.70. The molecule has 0 fully saturated rings. The molecule has 0 atom stereocenters. The van der Waals surface area contributed by atoms with Gasteiger partial charge in [-0.3, -0.25) is 0 Å². The first-order valence-electron chi connectivity index (χ1n) is 8.19. The van der Waals surface area contributed by atoms with Crippen LogP contribution in [0.1, 0.15) is 11.3 Å². The Kier molecular flexibility index (Phi) is 5.58. The standard InChI is InChI=1S/C18H14F4N2O5S/c1-9-6-11(28-18(20,21)22)3-4-12(9)17-16(14(8-25)29-24-17)10-2-5-15(13(19)7-10)30(23,26)27/h2-7,25H,8H2,1H3,(H2,23,26,27). The van der Waals surface area contributed by atoms with E-state index in [9.17, 15) is 31.1 Å². The van der Waals surface area contributed by atoms with Crippen LogP contribution in [0.5, 0.6) is 5.75 Å². The number of hydrogen-bond acceptors (Lipinski definition) is 6. The number of nitrogens with zero attached hydrogens (tertiary/aromatic N) is 1. The average molecular weight is 446 g/mol. The molecule has 0 radical (unpaired) electrons. The molecule has 0 amide bonds. The van der Waals surface area contributed by atoms with Gasteiger partial charge in [0.2, 0.25) is 10.0 Å². The number of alkyl halides is 3. The average Bonchev–Trinajstić information content (AvgIpc) is 3.03. The molecule has 0 aliphatic carbocycles. The van der Waals surface area contributed by atoms with Crippen molar-refractivity contribution in [2.24, 2.45) is 5.14 Å². The summed E-state index contributed by atoms with van der Waals surface area (Å²) in [7, 11) is -4.29. The number of nitrogens with two attached hydrogens (primary N) is 1. The summed E-state index contributed by atoms with van der Waals surface area (Å²) in [4.78, 5) is -0.723. The van der Waals surface area contributed by atoms with Crippen LogP contribution in [0.3, 0.4) is 0 Å². The van der Waals surface area contributed by atoms with Crippen LogP contribution in [0, 0.1) is 12.7 Å². The van der Waals surface area contributed by atoms with E-state index in [4.69, 9.17) is 9.66 Å². The van der Waals surface area contributed by atoms with Gasteiger partial charge in [-0.15, -0.1) is 13.2 Å². The lowest BCUT2D eigenvalue weighted by Crippen LogP contribution is -2.17. The van der Waals surface area contributed by atoms with Gasteiger partial charge < -0.3 is 14.4 Å². The molecule has 0 aliphatic rings. The van der Waals surface area contributed by atoms with E-state index < -0.39 is 39.5 Å². The highest BCUT2D eigenvalue weighted by Crippen LogP contribution is 2.38. The van der Waals surface area contributed by atoms with E-state index >= 15 is 0 Å². The number of aromatic nitrogens is 1. The molecule has 7 nitrogen and oxygen atoms in total. The number of halogens is 4. The minimum absolute atomic E-state index is 0.0530. The van der Waals surface area contributed by atoms with Crippen molar-refractivity contribution in [1.29, 1.82) is 0 Å². The molecule has 30 heavy (non-hydrogen) atoms. The van der Waals surface area contributed by atoms with Crippen molar-refractivity contribution in [1.82, 2.24) is 5.16 Å². The maximum atomic E-state index is 14.3. The molecule has 0 bridgehead atoms. The van der Waals surface area contributed by atoms with Gasteiger partial charge in [0.1, 0.15) is 28.8 Å². The summed E-state index contributed by atoms with van der Waals surface area (Å²) in [6, 6.07) is 6.57. The largest absolute Gasteiger partial charge is 0.573 e. The number of ether oxygens (including phenoxy) is 1. The first-order valence-corrected chi connectivity index (χ1v) is 9.74. The fourth-order valence-electron chi connectivity index (χ4n) is 2.90. The Morgan fingerprint density at radius 1 is 1.20 bits per heavy atom. The second-order valence-electron chi connectivity index (χ2n) is 6.20. The number of aliphatic hydroxyl groups excluding tert-OH is 1. The summed E-state index contributed by atoms with van der Waals surface area (Å²) in [5.41, 5.74) is 1.04. The monoisotopic (exact) mass is 446 g/mol. The van der Waals surface area contributed by atoms with Gasteiger partial charge in [0, 0.05) is 5.56 Å². The van der Waals surface area contributed by atoms with Gasteiger partial charge in [0.25, 0.3) is 0 Å². The number of benzene rings is 2. The first-order chi connectivity index (χ1) is 13.9. The fourth-order valence-corrected chi connectivity index (χ4v) is 3.49. The normalized spacial score (nSPS) is 12.2. The zero-order valence-electron chi connectivity index (χ0n) is 15.2. The van der Waals surface area contributed by atoms with E-state index in [2.05, 4.69) is 9.89 Å². The van der Waals surface area contributed by atoms with Gasteiger partial charge in [0.05, 0.1) is 5.56 Å². The van der Waals surface area contributed by atoms with Crippen molar-refractivity contribution in [3.8, 4) is 28.1 Å². The van der Waals surface area contributed by atoms with Crippen LogP contribution in [-0.4, -0.2) is 25.0 Å². The Balaban J connectivity index is 2.12. The van der Waals surface area contributed by atoms with Crippen molar-refractivity contribution < 1.29 is 40.3 Å². The highest BCUT2D eigenvalue weighted by Gasteiger charge is 2.31. The highest BCUT2D eigenvalue weighted by molar-refractivity contribution is 7.89. The minimum Gasteiger partial charge on any atom is -0.406 e. The number of aryl methyl sites for hydroxylation is 1. The Morgan fingerprint density at radius 3 is 2.43 bits per heavy atom.